The molecule has 8 atom stereocenters. The van der Waals surface area contributed by atoms with Crippen molar-refractivity contribution in [1.82, 2.24) is 0 Å². The van der Waals surface area contributed by atoms with Gasteiger partial charge in [0.2, 0.25) is 6.29 Å². The molecule has 4 aliphatic carbocycles. The van der Waals surface area contributed by atoms with Gasteiger partial charge in [-0.15, -0.1) is 0 Å². The van der Waals surface area contributed by atoms with E-state index in [0.717, 1.165) is 83.5 Å². The number of esters is 4. The maximum absolute atomic E-state index is 13.2. The average molecular weight is 1060 g/mol. The Morgan fingerprint density at radius 1 is 0.533 bits per heavy atom. The van der Waals surface area contributed by atoms with Gasteiger partial charge in [-0.1, -0.05) is 194 Å². The van der Waals surface area contributed by atoms with Crippen LogP contribution in [0.25, 0.3) is 0 Å². The molecule has 0 aromatic carbocycles. The normalized spacial score (nSPS) is 23.8. The Hall–Kier alpha value is -3.44. The lowest BCUT2D eigenvalue weighted by Crippen LogP contribution is -2.51. The van der Waals surface area contributed by atoms with Gasteiger partial charge in [-0.05, 0) is 93.0 Å². The van der Waals surface area contributed by atoms with Crippen molar-refractivity contribution in [3.8, 4) is 0 Å². The fourth-order valence-corrected chi connectivity index (χ4v) is 13.3. The maximum Gasteiger partial charge on any atom is 0.511 e. The van der Waals surface area contributed by atoms with Crippen molar-refractivity contribution < 1.29 is 57.2 Å². The molecule has 0 bridgehead atoms. The molecule has 75 heavy (non-hydrogen) atoms. The van der Waals surface area contributed by atoms with Crippen LogP contribution >= 0.6 is 0 Å². The Morgan fingerprint density at radius 3 is 1.49 bits per heavy atom. The van der Waals surface area contributed by atoms with Crippen LogP contribution in [0, 0.1) is 34.5 Å². The first-order valence-electron chi connectivity index (χ1n) is 31.0. The average Bonchev–Trinajstić information content (AvgIpc) is 3.70. The second kappa shape index (κ2) is 35.9. The molecule has 0 spiro atoms. The molecule has 12 heteroatoms. The molecule has 4 rings (SSSR count). The monoisotopic (exact) mass is 1050 g/mol. The van der Waals surface area contributed by atoms with Gasteiger partial charge in [0.05, 0.1) is 0 Å². The second-order valence-electron chi connectivity index (χ2n) is 24.1. The molecule has 3 fully saturated rings. The van der Waals surface area contributed by atoms with Gasteiger partial charge in [-0.3, -0.25) is 24.0 Å². The summed E-state index contributed by atoms with van der Waals surface area (Å²) in [5.41, 5.74) is 1.23. The number of carbonyl (C=O) groups excluding carboxylic acids is 6. The summed E-state index contributed by atoms with van der Waals surface area (Å²) < 4.78 is 33.7. The zero-order valence-corrected chi connectivity index (χ0v) is 48.3. The summed E-state index contributed by atoms with van der Waals surface area (Å²) in [5.74, 6) is -0.798. The minimum absolute atomic E-state index is 0.0682. The van der Waals surface area contributed by atoms with Crippen LogP contribution in [0.1, 0.15) is 286 Å². The standard InChI is InChI=1S/C63H106O12/c1-7-9-11-13-15-17-19-21-23-25-27-29-31-33-57(65)70-46-52(47-71-58(66)34-32-30-28-26-24-22-20-18-16-14-12-10-8-2)74-60(68)44-48(3)43-59(67)72-49(4)73-61(69)75-56-38-37-54-53-36-35-50-45-51(64)39-41-62(50,5)55(53)40-42-63(54,56)6/h45,48-49,52-56H,7-44,46-47H2,1-6H3/t48?,49?,53-,54-,55-,56?,62-,63-/m0/s1. The Labute approximate surface area is 454 Å². The van der Waals surface area contributed by atoms with E-state index in [0.29, 0.717) is 24.2 Å². The highest BCUT2D eigenvalue weighted by atomic mass is 16.8. The summed E-state index contributed by atoms with van der Waals surface area (Å²) in [4.78, 5) is 77.1. The lowest BCUT2D eigenvalue weighted by molar-refractivity contribution is -0.173. The Balaban J connectivity index is 1.14. The third-order valence-corrected chi connectivity index (χ3v) is 17.8. The smallest absolute Gasteiger partial charge is 0.462 e. The first-order chi connectivity index (χ1) is 36.2. The van der Waals surface area contributed by atoms with Crippen molar-refractivity contribution in [3.05, 3.63) is 11.6 Å². The first kappa shape index (κ1) is 64.1. The van der Waals surface area contributed by atoms with Crippen LogP contribution in [-0.2, 0) is 52.4 Å². The molecule has 0 N–H and O–H groups in total. The second-order valence-corrected chi connectivity index (χ2v) is 24.1. The SMILES string of the molecule is CCCCCCCCCCCCCCCC(=O)OCC(COC(=O)CCCCCCCCCCCCCCC)OC(=O)CC(C)CC(=O)OC(C)OC(=O)OC1CC[C@H]2[C@@H]3CCC4=CC(=O)CC[C@]4(C)[C@H]3CC[C@]12C. The molecule has 0 amide bonds. The van der Waals surface area contributed by atoms with E-state index in [9.17, 15) is 28.8 Å². The van der Waals surface area contributed by atoms with Gasteiger partial charge < -0.3 is 28.4 Å². The topological polar surface area (TPSA) is 158 Å². The van der Waals surface area contributed by atoms with Crippen LogP contribution in [0.5, 0.6) is 0 Å². The third kappa shape index (κ3) is 23.6. The van der Waals surface area contributed by atoms with Crippen LogP contribution in [0.15, 0.2) is 11.6 Å². The first-order valence-corrected chi connectivity index (χ1v) is 31.0. The molecule has 430 valence electrons. The number of ketones is 1. The van der Waals surface area contributed by atoms with Crippen LogP contribution in [0.3, 0.4) is 0 Å². The molecule has 0 aromatic rings. The molecule has 0 aromatic heterocycles. The van der Waals surface area contributed by atoms with Crippen molar-refractivity contribution in [1.29, 1.82) is 0 Å². The molecule has 0 radical (unpaired) electrons. The summed E-state index contributed by atoms with van der Waals surface area (Å²) >= 11 is 0. The predicted octanol–water partition coefficient (Wildman–Crippen LogP) is 16.3. The van der Waals surface area contributed by atoms with Gasteiger partial charge in [-0.25, -0.2) is 4.79 Å². The highest BCUT2D eigenvalue weighted by Gasteiger charge is 2.60. The number of hydrogen-bond acceptors (Lipinski definition) is 12. The quantitative estimate of drug-likeness (QED) is 0.0248. The number of ether oxygens (including phenoxy) is 6. The number of hydrogen-bond donors (Lipinski definition) is 0. The lowest BCUT2D eigenvalue weighted by atomic mass is 9.47. The van der Waals surface area contributed by atoms with E-state index in [4.69, 9.17) is 28.4 Å². The van der Waals surface area contributed by atoms with E-state index in [1.165, 1.54) is 141 Å². The van der Waals surface area contributed by atoms with Crippen molar-refractivity contribution in [2.24, 2.45) is 34.5 Å². The van der Waals surface area contributed by atoms with Gasteiger partial charge in [0.15, 0.2) is 11.9 Å². The fraction of sp³-hybridized carbons (Fsp3) is 0.873. The minimum atomic E-state index is -1.20. The van der Waals surface area contributed by atoms with Gasteiger partial charge in [0.1, 0.15) is 19.3 Å². The van der Waals surface area contributed by atoms with Gasteiger partial charge in [0.25, 0.3) is 0 Å². The van der Waals surface area contributed by atoms with E-state index < -0.39 is 36.4 Å². The molecular weight excluding hydrogens is 949 g/mol. The van der Waals surface area contributed by atoms with Gasteiger partial charge >= 0.3 is 30.0 Å². The molecule has 4 aliphatic rings. The predicted molar refractivity (Wildman–Crippen MR) is 294 cm³/mol. The van der Waals surface area contributed by atoms with Crippen molar-refractivity contribution >= 4 is 35.8 Å². The summed E-state index contributed by atoms with van der Waals surface area (Å²) in [7, 11) is 0. The lowest BCUT2D eigenvalue weighted by Gasteiger charge is -2.57. The summed E-state index contributed by atoms with van der Waals surface area (Å²) in [6, 6.07) is 0. The Kier molecular flexibility index (Phi) is 30.7. The molecule has 3 saturated carbocycles. The van der Waals surface area contributed by atoms with Gasteiger partial charge in [-0.2, -0.15) is 0 Å². The van der Waals surface area contributed by atoms with E-state index in [1.807, 2.05) is 6.08 Å². The molecule has 0 aliphatic heterocycles. The molecule has 0 saturated heterocycles. The van der Waals surface area contributed by atoms with E-state index >= 15 is 0 Å². The number of unbranched alkanes of at least 4 members (excludes halogenated alkanes) is 24. The molecular formula is C63H106O12. The van der Waals surface area contributed by atoms with Crippen molar-refractivity contribution in [2.45, 2.75) is 304 Å². The van der Waals surface area contributed by atoms with Crippen LogP contribution in [0.2, 0.25) is 0 Å². The largest absolute Gasteiger partial charge is 0.511 e. The maximum atomic E-state index is 13.2. The number of carbonyl (C=O) groups is 6. The van der Waals surface area contributed by atoms with Gasteiger partial charge in [0, 0.05) is 44.4 Å². The highest BCUT2D eigenvalue weighted by Crippen LogP contribution is 2.65. The van der Waals surface area contributed by atoms with Crippen LogP contribution in [0.4, 0.5) is 4.79 Å². The molecule has 12 nitrogen and oxygen atoms in total. The molecule has 0 heterocycles. The van der Waals surface area contributed by atoms with Crippen LogP contribution in [-0.4, -0.2) is 67.5 Å². The number of rotatable bonds is 40. The fourth-order valence-electron chi connectivity index (χ4n) is 13.3. The number of fused-ring (bicyclic) bond motifs is 5. The van der Waals surface area contributed by atoms with Crippen molar-refractivity contribution in [2.75, 3.05) is 13.2 Å². The number of allylic oxidation sites excluding steroid dienone is 1. The Bertz CT molecular complexity index is 1680. The van der Waals surface area contributed by atoms with Crippen LogP contribution < -0.4 is 0 Å². The Morgan fingerprint density at radius 2 is 1.00 bits per heavy atom. The minimum Gasteiger partial charge on any atom is -0.462 e. The molecule has 3 unspecified atom stereocenters. The zero-order chi connectivity index (χ0) is 54.3. The third-order valence-electron chi connectivity index (χ3n) is 17.8. The highest BCUT2D eigenvalue weighted by molar-refractivity contribution is 5.91. The summed E-state index contributed by atoms with van der Waals surface area (Å²) in [5, 5.41) is 0. The zero-order valence-electron chi connectivity index (χ0n) is 48.3. The van der Waals surface area contributed by atoms with E-state index in [2.05, 4.69) is 27.7 Å². The summed E-state index contributed by atoms with van der Waals surface area (Å²) in [6.45, 7) is 11.8. The van der Waals surface area contributed by atoms with Crippen molar-refractivity contribution in [3.63, 3.8) is 0 Å². The van der Waals surface area contributed by atoms with E-state index in [-0.39, 0.29) is 73.6 Å². The summed E-state index contributed by atoms with van der Waals surface area (Å²) in [6.07, 6.45) is 37.5. The van der Waals surface area contributed by atoms with E-state index in [1.54, 1.807) is 6.92 Å².